The van der Waals surface area contributed by atoms with Crippen molar-refractivity contribution >= 4 is 23.9 Å². The maximum Gasteiger partial charge on any atom is 0.408 e. The summed E-state index contributed by atoms with van der Waals surface area (Å²) in [6, 6.07) is 24.9. The second-order valence-electron chi connectivity index (χ2n) is 13.4. The van der Waals surface area contributed by atoms with Gasteiger partial charge in [0, 0.05) is 6.42 Å². The summed E-state index contributed by atoms with van der Waals surface area (Å²) in [7, 11) is 0. The van der Waals surface area contributed by atoms with Crippen LogP contribution in [0.1, 0.15) is 61.6 Å². The molecule has 0 bridgehead atoms. The number of nitrogens with one attached hydrogen (secondary N) is 3. The third-order valence-electron chi connectivity index (χ3n) is 9.12. The van der Waals surface area contributed by atoms with Crippen LogP contribution in [-0.4, -0.2) is 59.8 Å². The molecule has 4 N–H and O–H groups in total. The number of aliphatic hydroxyl groups excluding tert-OH is 1. The summed E-state index contributed by atoms with van der Waals surface area (Å²) >= 11 is 0. The maximum atomic E-state index is 13.6. The lowest BCUT2D eigenvalue weighted by atomic mass is 9.94. The van der Waals surface area contributed by atoms with E-state index >= 15 is 0 Å². The average molecular weight is 726 g/mol. The van der Waals surface area contributed by atoms with Crippen LogP contribution in [0.2, 0.25) is 0 Å². The lowest BCUT2D eigenvalue weighted by Gasteiger charge is -2.32. The van der Waals surface area contributed by atoms with Crippen molar-refractivity contribution in [2.45, 2.75) is 82.2 Å². The van der Waals surface area contributed by atoms with Crippen LogP contribution in [0, 0.1) is 5.92 Å². The van der Waals surface area contributed by atoms with E-state index in [1.165, 1.54) is 6.08 Å². The molecule has 0 spiro atoms. The molecule has 11 nitrogen and oxygen atoms in total. The third kappa shape index (κ3) is 13.6. The molecular weight excluding hydrogens is 674 g/mol. The zero-order chi connectivity index (χ0) is 37.9. The van der Waals surface area contributed by atoms with Crippen molar-refractivity contribution in [3.63, 3.8) is 0 Å². The van der Waals surface area contributed by atoms with Crippen LogP contribution in [0.4, 0.5) is 4.79 Å². The summed E-state index contributed by atoms with van der Waals surface area (Å²) in [5, 5.41) is 18.6. The normalized spacial score (nSPS) is 14.8. The summed E-state index contributed by atoms with van der Waals surface area (Å²) in [5.41, 5.74) is 1.95. The van der Waals surface area contributed by atoms with Gasteiger partial charge in [-0.25, -0.2) is 9.59 Å². The van der Waals surface area contributed by atoms with Gasteiger partial charge in [0.1, 0.15) is 31.6 Å². The highest BCUT2D eigenvalue weighted by Gasteiger charge is 2.39. The van der Waals surface area contributed by atoms with Gasteiger partial charge in [0.15, 0.2) is 0 Å². The molecule has 3 atom stereocenters. The van der Waals surface area contributed by atoms with E-state index in [4.69, 9.17) is 14.2 Å². The van der Waals surface area contributed by atoms with Crippen molar-refractivity contribution in [2.24, 2.45) is 5.92 Å². The molecule has 3 unspecified atom stereocenters. The number of amides is 3. The highest BCUT2D eigenvalue weighted by molar-refractivity contribution is 5.86. The Morgan fingerprint density at radius 3 is 2.00 bits per heavy atom. The van der Waals surface area contributed by atoms with E-state index in [0.717, 1.165) is 29.5 Å². The van der Waals surface area contributed by atoms with E-state index in [1.54, 1.807) is 6.08 Å². The van der Waals surface area contributed by atoms with Gasteiger partial charge in [-0.2, -0.15) is 0 Å². The molecule has 1 fully saturated rings. The van der Waals surface area contributed by atoms with Crippen LogP contribution in [0.15, 0.2) is 110 Å². The average Bonchev–Trinajstić information content (AvgIpc) is 3.64. The van der Waals surface area contributed by atoms with E-state index in [-0.39, 0.29) is 50.9 Å². The van der Waals surface area contributed by atoms with Gasteiger partial charge in [-0.1, -0.05) is 97.8 Å². The molecular formula is C42H51N3O8. The topological polar surface area (TPSA) is 152 Å². The minimum Gasteiger partial charge on any atom is -0.489 e. The molecule has 4 rings (SSSR count). The van der Waals surface area contributed by atoms with Crippen molar-refractivity contribution in [1.29, 1.82) is 0 Å². The maximum absolute atomic E-state index is 13.6. The van der Waals surface area contributed by atoms with Crippen LogP contribution in [-0.2, 0) is 43.5 Å². The van der Waals surface area contributed by atoms with Gasteiger partial charge >= 0.3 is 12.1 Å². The van der Waals surface area contributed by atoms with Crippen LogP contribution < -0.4 is 20.7 Å². The second kappa shape index (κ2) is 21.2. The van der Waals surface area contributed by atoms with Gasteiger partial charge in [0.2, 0.25) is 11.8 Å². The number of rotatable bonds is 21. The zero-order valence-electron chi connectivity index (χ0n) is 30.2. The van der Waals surface area contributed by atoms with Gasteiger partial charge in [-0.3, -0.25) is 9.59 Å². The van der Waals surface area contributed by atoms with E-state index in [0.29, 0.717) is 31.6 Å². The molecule has 1 aliphatic carbocycles. The number of hydrogen-bond acceptors (Lipinski definition) is 8. The lowest BCUT2D eigenvalue weighted by molar-refractivity contribution is -0.149. The molecule has 3 aromatic carbocycles. The number of esters is 1. The lowest BCUT2D eigenvalue weighted by Crippen LogP contribution is -2.53. The molecule has 53 heavy (non-hydrogen) atoms. The Bertz CT molecular complexity index is 1630. The standard InChI is InChI=1S/C42H51N3O8/c1-3-13-34(26-38(47)43-35(27-46)25-31-19-21-36(22-20-31)51-28-32-15-7-5-8-16-32)39(48)45-42(23-11-12-24-42)30-53-40(49)37(14-4-2)44-41(50)52-29-33-17-9-6-10-18-33/h3-10,15-22,34-35,37,46H,1-2,11-14,23-30H2,(H,43,47)(H,44,50)(H,45,48). The molecule has 0 heterocycles. The Morgan fingerprint density at radius 2 is 1.40 bits per heavy atom. The van der Waals surface area contributed by atoms with Crippen LogP contribution in [0.25, 0.3) is 0 Å². The van der Waals surface area contributed by atoms with Gasteiger partial charge in [0.25, 0.3) is 0 Å². The van der Waals surface area contributed by atoms with Crippen molar-refractivity contribution < 1.29 is 38.5 Å². The molecule has 11 heteroatoms. The molecule has 1 aliphatic rings. The third-order valence-corrected chi connectivity index (χ3v) is 9.12. The summed E-state index contributed by atoms with van der Waals surface area (Å²) in [5.74, 6) is -1.42. The van der Waals surface area contributed by atoms with E-state index in [2.05, 4.69) is 29.1 Å². The van der Waals surface area contributed by atoms with Gasteiger partial charge in [0.05, 0.1) is 24.1 Å². The molecule has 0 aliphatic heterocycles. The molecule has 3 aromatic rings. The van der Waals surface area contributed by atoms with Gasteiger partial charge in [-0.15, -0.1) is 13.2 Å². The van der Waals surface area contributed by atoms with Gasteiger partial charge < -0.3 is 35.3 Å². The predicted molar refractivity (Wildman–Crippen MR) is 202 cm³/mol. The first-order chi connectivity index (χ1) is 25.7. The second-order valence-corrected chi connectivity index (χ2v) is 13.4. The Hall–Kier alpha value is -5.42. The number of carbonyl (C=O) groups excluding carboxylic acids is 4. The molecule has 0 aromatic heterocycles. The Morgan fingerprint density at radius 1 is 0.774 bits per heavy atom. The first kappa shape index (κ1) is 40.4. The smallest absolute Gasteiger partial charge is 0.408 e. The van der Waals surface area contributed by atoms with E-state index < -0.39 is 35.6 Å². The molecule has 0 radical (unpaired) electrons. The van der Waals surface area contributed by atoms with Gasteiger partial charge in [-0.05, 0) is 60.9 Å². The van der Waals surface area contributed by atoms with Crippen molar-refractivity contribution in [3.05, 3.63) is 127 Å². The molecule has 282 valence electrons. The fourth-order valence-corrected chi connectivity index (χ4v) is 6.22. The van der Waals surface area contributed by atoms with Crippen molar-refractivity contribution in [2.75, 3.05) is 13.2 Å². The molecule has 1 saturated carbocycles. The fourth-order valence-electron chi connectivity index (χ4n) is 6.22. The number of aliphatic hydroxyl groups is 1. The molecule has 3 amide bonds. The Labute approximate surface area is 311 Å². The van der Waals surface area contributed by atoms with Crippen LogP contribution in [0.5, 0.6) is 5.75 Å². The summed E-state index contributed by atoms with van der Waals surface area (Å²) in [4.78, 5) is 52.4. The minimum absolute atomic E-state index is 0.0434. The number of carbonyl (C=O) groups is 4. The number of allylic oxidation sites excluding steroid dienone is 1. The Balaban J connectivity index is 1.27. The van der Waals surface area contributed by atoms with Crippen molar-refractivity contribution in [3.8, 4) is 5.75 Å². The minimum atomic E-state index is -1.02. The van der Waals surface area contributed by atoms with E-state index in [9.17, 15) is 24.3 Å². The number of alkyl carbamates (subject to hydrolysis) is 1. The number of hydrogen-bond donors (Lipinski definition) is 4. The van der Waals surface area contributed by atoms with Crippen molar-refractivity contribution in [1.82, 2.24) is 16.0 Å². The number of ether oxygens (including phenoxy) is 3. The largest absolute Gasteiger partial charge is 0.489 e. The van der Waals surface area contributed by atoms with Crippen LogP contribution in [0.3, 0.4) is 0 Å². The highest BCUT2D eigenvalue weighted by atomic mass is 16.6. The SMILES string of the molecule is C=CCC(CC(=O)NC(CO)Cc1ccc(OCc2ccccc2)cc1)C(=O)NC1(COC(=O)C(CC=C)NC(=O)OCc2ccccc2)CCCC1. The molecule has 0 saturated heterocycles. The quantitative estimate of drug-likeness (QED) is 0.0806. The summed E-state index contributed by atoms with van der Waals surface area (Å²) < 4.78 is 16.8. The summed E-state index contributed by atoms with van der Waals surface area (Å²) in [6.45, 7) is 7.57. The first-order valence-electron chi connectivity index (χ1n) is 18.1. The number of benzene rings is 3. The van der Waals surface area contributed by atoms with Crippen LogP contribution >= 0.6 is 0 Å². The monoisotopic (exact) mass is 725 g/mol. The first-order valence-corrected chi connectivity index (χ1v) is 18.1. The predicted octanol–water partition coefficient (Wildman–Crippen LogP) is 5.71. The fraction of sp³-hybridized carbons (Fsp3) is 0.381. The summed E-state index contributed by atoms with van der Waals surface area (Å²) in [6.07, 6.45) is 5.78. The zero-order valence-corrected chi connectivity index (χ0v) is 30.2. The highest BCUT2D eigenvalue weighted by Crippen LogP contribution is 2.31. The van der Waals surface area contributed by atoms with E-state index in [1.807, 2.05) is 84.9 Å². The Kier molecular flexibility index (Phi) is 16.1.